The zero-order valence-corrected chi connectivity index (χ0v) is 18.8. The van der Waals surface area contributed by atoms with E-state index in [9.17, 15) is 19.5 Å². The fourth-order valence-electron chi connectivity index (χ4n) is 2.90. The highest BCUT2D eigenvalue weighted by Gasteiger charge is 2.34. The Morgan fingerprint density at radius 1 is 1.06 bits per heavy atom. The van der Waals surface area contributed by atoms with Crippen LogP contribution in [0, 0.1) is 0 Å². The number of hydrogen-bond acceptors (Lipinski definition) is 8. The van der Waals surface area contributed by atoms with Gasteiger partial charge in [-0.2, -0.15) is 5.01 Å². The normalized spacial score (nSPS) is 14.5. The van der Waals surface area contributed by atoms with Crippen molar-refractivity contribution in [2.45, 2.75) is 0 Å². The lowest BCUT2D eigenvalue weighted by atomic mass is 10.0. The predicted molar refractivity (Wildman–Crippen MR) is 122 cm³/mol. The number of carboxylic acid groups (broad SMARTS) is 1. The number of carbonyl (C=O) groups excluding carboxylic acids is 2. The number of hydrogen-bond donors (Lipinski definition) is 2. The number of rotatable bonds is 7. The predicted octanol–water partition coefficient (Wildman–Crippen LogP) is 2.96. The van der Waals surface area contributed by atoms with Gasteiger partial charge < -0.3 is 19.3 Å². The van der Waals surface area contributed by atoms with Gasteiger partial charge in [-0.25, -0.2) is 4.79 Å². The van der Waals surface area contributed by atoms with Crippen LogP contribution in [0.1, 0.15) is 26.3 Å². The molecule has 1 aliphatic rings. The topological polar surface area (TPSA) is 114 Å². The van der Waals surface area contributed by atoms with Crippen LogP contribution in [0.15, 0.2) is 41.3 Å². The molecule has 0 saturated carbocycles. The molecule has 9 nitrogen and oxygen atoms in total. The summed E-state index contributed by atoms with van der Waals surface area (Å²) in [5.41, 5.74) is 2.82. The van der Waals surface area contributed by atoms with Crippen LogP contribution < -0.4 is 19.6 Å². The standard InChI is InChI=1S/C21H18N2O7S2/c1-28-13-7-4-11(5-8-13)18(24)22-23-19(25)15(32-21(23)31)10-12-6-9-14(29-2)17(30-3)16(12)20(26)27/h4-10H,1-3H3,(H,22,24)(H,26,27)/b15-10+. The van der Waals surface area contributed by atoms with Crippen LogP contribution >= 0.6 is 24.0 Å². The molecule has 1 fully saturated rings. The highest BCUT2D eigenvalue weighted by Crippen LogP contribution is 2.37. The molecule has 0 atom stereocenters. The van der Waals surface area contributed by atoms with E-state index >= 15 is 0 Å². The monoisotopic (exact) mass is 474 g/mol. The summed E-state index contributed by atoms with van der Waals surface area (Å²) in [6, 6.07) is 9.35. The number of methoxy groups -OCH3 is 3. The first kappa shape index (κ1) is 23.1. The number of carboxylic acids is 1. The molecule has 0 spiro atoms. The second-order valence-electron chi connectivity index (χ2n) is 6.26. The van der Waals surface area contributed by atoms with Crippen molar-refractivity contribution in [3.8, 4) is 17.2 Å². The smallest absolute Gasteiger partial charge is 0.340 e. The lowest BCUT2D eigenvalue weighted by Gasteiger charge is -2.15. The molecular weight excluding hydrogens is 456 g/mol. The van der Waals surface area contributed by atoms with E-state index in [2.05, 4.69) is 5.43 Å². The van der Waals surface area contributed by atoms with E-state index in [-0.39, 0.29) is 31.9 Å². The summed E-state index contributed by atoms with van der Waals surface area (Å²) in [6.45, 7) is 0. The highest BCUT2D eigenvalue weighted by atomic mass is 32.2. The van der Waals surface area contributed by atoms with Gasteiger partial charge in [0.2, 0.25) is 0 Å². The van der Waals surface area contributed by atoms with Crippen molar-refractivity contribution in [3.05, 3.63) is 58.0 Å². The van der Waals surface area contributed by atoms with Gasteiger partial charge in [0.15, 0.2) is 15.8 Å². The first-order valence-corrected chi connectivity index (χ1v) is 10.2. The summed E-state index contributed by atoms with van der Waals surface area (Å²) in [7, 11) is 4.22. The fraction of sp³-hybridized carbons (Fsp3) is 0.143. The number of aromatic carboxylic acids is 1. The van der Waals surface area contributed by atoms with Crippen molar-refractivity contribution in [2.75, 3.05) is 21.3 Å². The molecular formula is C21H18N2O7S2. The van der Waals surface area contributed by atoms with Crippen LogP contribution in [0.25, 0.3) is 6.08 Å². The van der Waals surface area contributed by atoms with Gasteiger partial charge >= 0.3 is 5.97 Å². The number of benzene rings is 2. The molecule has 2 aromatic rings. The molecule has 0 unspecified atom stereocenters. The van der Waals surface area contributed by atoms with E-state index < -0.39 is 17.8 Å². The zero-order chi connectivity index (χ0) is 23.4. The first-order chi connectivity index (χ1) is 15.3. The Morgan fingerprint density at radius 3 is 2.31 bits per heavy atom. The summed E-state index contributed by atoms with van der Waals surface area (Å²) in [5.74, 6) is -1.54. The maximum atomic E-state index is 12.9. The maximum absolute atomic E-state index is 12.9. The summed E-state index contributed by atoms with van der Waals surface area (Å²) in [6.07, 6.45) is 1.38. The number of ether oxygens (including phenoxy) is 3. The Bertz CT molecular complexity index is 1130. The lowest BCUT2D eigenvalue weighted by Crippen LogP contribution is -2.44. The minimum atomic E-state index is -1.25. The molecule has 2 aromatic carbocycles. The van der Waals surface area contributed by atoms with Crippen molar-refractivity contribution < 1.29 is 33.7 Å². The van der Waals surface area contributed by atoms with Gasteiger partial charge in [-0.3, -0.25) is 15.0 Å². The SMILES string of the molecule is COc1ccc(C(=O)NN2C(=O)/C(=C\c3ccc(OC)c(OC)c3C(=O)O)SC2=S)cc1. The third-order valence-electron chi connectivity index (χ3n) is 4.44. The molecule has 0 bridgehead atoms. The van der Waals surface area contributed by atoms with E-state index in [0.29, 0.717) is 11.3 Å². The molecule has 0 radical (unpaired) electrons. The van der Waals surface area contributed by atoms with Gasteiger partial charge in [0, 0.05) is 5.56 Å². The van der Waals surface area contributed by atoms with Gasteiger partial charge in [0.25, 0.3) is 11.8 Å². The Labute approximate surface area is 192 Å². The number of nitrogens with one attached hydrogen (secondary N) is 1. The number of thiocarbonyl (C=S) groups is 1. The molecule has 166 valence electrons. The second kappa shape index (κ2) is 9.71. The van der Waals surface area contributed by atoms with Crippen molar-refractivity contribution in [1.29, 1.82) is 0 Å². The largest absolute Gasteiger partial charge is 0.497 e. The average Bonchev–Trinajstić information content (AvgIpc) is 3.05. The van der Waals surface area contributed by atoms with Gasteiger partial charge in [0.05, 0.1) is 26.2 Å². The zero-order valence-electron chi connectivity index (χ0n) is 17.2. The van der Waals surface area contributed by atoms with Crippen molar-refractivity contribution in [3.63, 3.8) is 0 Å². The Kier molecular flexibility index (Phi) is 7.01. The molecule has 1 heterocycles. The number of nitrogens with zero attached hydrogens (tertiary/aromatic N) is 1. The molecule has 1 aliphatic heterocycles. The van der Waals surface area contributed by atoms with E-state index in [0.717, 1.165) is 16.8 Å². The maximum Gasteiger partial charge on any atom is 0.340 e. The van der Waals surface area contributed by atoms with Crippen LogP contribution in [0.3, 0.4) is 0 Å². The average molecular weight is 475 g/mol. The van der Waals surface area contributed by atoms with Gasteiger partial charge in [-0.15, -0.1) is 0 Å². The Morgan fingerprint density at radius 2 is 1.75 bits per heavy atom. The third-order valence-corrected chi connectivity index (χ3v) is 5.74. The summed E-state index contributed by atoms with van der Waals surface area (Å²) >= 11 is 6.16. The third kappa shape index (κ3) is 4.53. The molecule has 0 aromatic heterocycles. The van der Waals surface area contributed by atoms with E-state index in [4.69, 9.17) is 26.4 Å². The van der Waals surface area contributed by atoms with E-state index in [1.165, 1.54) is 39.5 Å². The quantitative estimate of drug-likeness (QED) is 0.462. The van der Waals surface area contributed by atoms with Crippen molar-refractivity contribution in [2.24, 2.45) is 0 Å². The molecule has 32 heavy (non-hydrogen) atoms. The summed E-state index contributed by atoms with van der Waals surface area (Å²) < 4.78 is 15.5. The van der Waals surface area contributed by atoms with Gasteiger partial charge in [-0.05, 0) is 54.2 Å². The van der Waals surface area contributed by atoms with Crippen LogP contribution in [0.5, 0.6) is 17.2 Å². The summed E-state index contributed by atoms with van der Waals surface area (Å²) in [5, 5.41) is 10.6. The highest BCUT2D eigenvalue weighted by molar-refractivity contribution is 8.26. The molecule has 1 saturated heterocycles. The number of carbonyl (C=O) groups is 3. The molecule has 11 heteroatoms. The van der Waals surface area contributed by atoms with Crippen molar-refractivity contribution >= 4 is 52.2 Å². The van der Waals surface area contributed by atoms with Crippen LogP contribution in [0.2, 0.25) is 0 Å². The molecule has 2 N–H and O–H groups in total. The van der Waals surface area contributed by atoms with E-state index in [1.54, 1.807) is 24.3 Å². The lowest BCUT2D eigenvalue weighted by molar-refractivity contribution is -0.123. The van der Waals surface area contributed by atoms with Crippen LogP contribution in [-0.2, 0) is 4.79 Å². The van der Waals surface area contributed by atoms with E-state index in [1.807, 2.05) is 0 Å². The summed E-state index contributed by atoms with van der Waals surface area (Å²) in [4.78, 5) is 37.4. The Balaban J connectivity index is 1.88. The van der Waals surface area contributed by atoms with Crippen LogP contribution in [-0.4, -0.2) is 53.5 Å². The van der Waals surface area contributed by atoms with Gasteiger partial charge in [-0.1, -0.05) is 17.8 Å². The number of hydrazine groups is 1. The Hall–Kier alpha value is -3.57. The number of thioether (sulfide) groups is 1. The first-order valence-electron chi connectivity index (χ1n) is 9.02. The molecule has 3 rings (SSSR count). The van der Waals surface area contributed by atoms with Crippen molar-refractivity contribution in [1.82, 2.24) is 10.4 Å². The van der Waals surface area contributed by atoms with Gasteiger partial charge in [0.1, 0.15) is 11.3 Å². The molecule has 2 amide bonds. The second-order valence-corrected chi connectivity index (χ2v) is 7.93. The number of amides is 2. The fourth-order valence-corrected chi connectivity index (χ4v) is 4.07. The minimum absolute atomic E-state index is 0.0250. The van der Waals surface area contributed by atoms with Crippen LogP contribution in [0.4, 0.5) is 0 Å². The minimum Gasteiger partial charge on any atom is -0.497 e. The molecule has 0 aliphatic carbocycles.